The molecule has 1 aromatic heterocycles. The lowest BCUT2D eigenvalue weighted by atomic mass is 9.80. The van der Waals surface area contributed by atoms with Gasteiger partial charge in [0.05, 0.1) is 11.0 Å². The molecule has 1 aliphatic rings. The molecule has 0 saturated heterocycles. The summed E-state index contributed by atoms with van der Waals surface area (Å²) in [6.45, 7) is 4.73. The van der Waals surface area contributed by atoms with Crippen molar-refractivity contribution in [2.45, 2.75) is 19.3 Å². The zero-order valence-corrected chi connectivity index (χ0v) is 32.7. The molecule has 9 aromatic carbocycles. The fourth-order valence-electron chi connectivity index (χ4n) is 9.75. The molecule has 0 atom stereocenters. The van der Waals surface area contributed by atoms with Crippen LogP contribution < -0.4 is 0 Å². The predicted octanol–water partition coefficient (Wildman–Crippen LogP) is 15.4. The van der Waals surface area contributed by atoms with Crippen molar-refractivity contribution in [2.24, 2.45) is 0 Å². The lowest BCUT2D eigenvalue weighted by Crippen LogP contribution is -2.14. The molecule has 1 heteroatoms. The average molecular weight is 740 g/mol. The Bertz CT molecular complexity index is 3140. The molecule has 0 spiro atoms. The SMILES string of the molecule is CC1(C)c2ccccc2-c2ccc(-c3ccc4c(c3)c3c(-c5ccccc5)c(-c5ccccc5)c(-c5ccccc5)c(-c5ccccc5)c3n4-c3ccccc3)cc21. The van der Waals surface area contributed by atoms with Crippen LogP contribution in [0.5, 0.6) is 0 Å². The van der Waals surface area contributed by atoms with E-state index in [2.05, 4.69) is 231 Å². The average Bonchev–Trinajstić information content (AvgIpc) is 3.75. The Morgan fingerprint density at radius 2 is 0.793 bits per heavy atom. The minimum atomic E-state index is -0.0845. The van der Waals surface area contributed by atoms with E-state index < -0.39 is 0 Å². The summed E-state index contributed by atoms with van der Waals surface area (Å²) in [6, 6.07) is 78.2. The molecule has 1 heterocycles. The van der Waals surface area contributed by atoms with E-state index in [4.69, 9.17) is 0 Å². The zero-order valence-electron chi connectivity index (χ0n) is 32.7. The Morgan fingerprint density at radius 3 is 1.40 bits per heavy atom. The van der Waals surface area contributed by atoms with Crippen LogP contribution in [-0.2, 0) is 5.41 Å². The maximum Gasteiger partial charge on any atom is 0.0632 e. The Kier molecular flexibility index (Phi) is 7.91. The van der Waals surface area contributed by atoms with Gasteiger partial charge in [-0.2, -0.15) is 0 Å². The van der Waals surface area contributed by atoms with Gasteiger partial charge in [0.25, 0.3) is 0 Å². The summed E-state index contributed by atoms with van der Waals surface area (Å²) < 4.78 is 2.52. The van der Waals surface area contributed by atoms with Crippen LogP contribution in [0, 0.1) is 0 Å². The number of hydrogen-bond acceptors (Lipinski definition) is 0. The fourth-order valence-corrected chi connectivity index (χ4v) is 9.75. The van der Waals surface area contributed by atoms with Crippen molar-refractivity contribution in [2.75, 3.05) is 0 Å². The van der Waals surface area contributed by atoms with Gasteiger partial charge in [-0.25, -0.2) is 0 Å². The third kappa shape index (κ3) is 5.24. The van der Waals surface area contributed by atoms with Crippen molar-refractivity contribution < 1.29 is 0 Å². The Balaban J connectivity index is 1.34. The maximum absolute atomic E-state index is 2.52. The summed E-state index contributed by atoms with van der Waals surface area (Å²) in [5.41, 5.74) is 21.0. The van der Waals surface area contributed by atoms with Gasteiger partial charge in [0.15, 0.2) is 0 Å². The molecule has 1 nitrogen and oxygen atoms in total. The van der Waals surface area contributed by atoms with E-state index in [0.29, 0.717) is 0 Å². The van der Waals surface area contributed by atoms with Gasteiger partial charge >= 0.3 is 0 Å². The van der Waals surface area contributed by atoms with E-state index >= 15 is 0 Å². The number of aromatic nitrogens is 1. The van der Waals surface area contributed by atoms with Crippen LogP contribution in [0.2, 0.25) is 0 Å². The van der Waals surface area contributed by atoms with E-state index in [0.717, 1.165) is 5.69 Å². The summed E-state index contributed by atoms with van der Waals surface area (Å²) in [5, 5.41) is 2.48. The lowest BCUT2D eigenvalue weighted by molar-refractivity contribution is 0.660. The highest BCUT2D eigenvalue weighted by molar-refractivity contribution is 6.26. The van der Waals surface area contributed by atoms with Crippen LogP contribution in [-0.4, -0.2) is 4.57 Å². The number of hydrogen-bond donors (Lipinski definition) is 0. The highest BCUT2D eigenvalue weighted by Gasteiger charge is 2.35. The molecule has 0 radical (unpaired) electrons. The lowest BCUT2D eigenvalue weighted by Gasteiger charge is -2.24. The molecule has 0 aliphatic heterocycles. The topological polar surface area (TPSA) is 4.93 Å². The highest BCUT2D eigenvalue weighted by Crippen LogP contribution is 2.55. The van der Waals surface area contributed by atoms with Crippen molar-refractivity contribution in [1.82, 2.24) is 4.57 Å². The number of rotatable bonds is 6. The van der Waals surface area contributed by atoms with E-state index in [-0.39, 0.29) is 5.41 Å². The summed E-state index contributed by atoms with van der Waals surface area (Å²) in [6.07, 6.45) is 0. The van der Waals surface area contributed by atoms with Crippen LogP contribution in [0.1, 0.15) is 25.0 Å². The summed E-state index contributed by atoms with van der Waals surface area (Å²) in [7, 11) is 0. The van der Waals surface area contributed by atoms with E-state index in [1.54, 1.807) is 0 Å². The molecule has 58 heavy (non-hydrogen) atoms. The van der Waals surface area contributed by atoms with Crippen molar-refractivity contribution >= 4 is 21.8 Å². The Labute approximate surface area is 340 Å². The first kappa shape index (κ1) is 34.1. The highest BCUT2D eigenvalue weighted by atomic mass is 15.0. The number of para-hydroxylation sites is 1. The molecule has 0 fully saturated rings. The molecule has 1 aliphatic carbocycles. The monoisotopic (exact) mass is 739 g/mol. The third-order valence-electron chi connectivity index (χ3n) is 12.4. The van der Waals surface area contributed by atoms with Gasteiger partial charge < -0.3 is 4.57 Å². The van der Waals surface area contributed by atoms with Gasteiger partial charge in [-0.1, -0.05) is 196 Å². The molecule has 0 amide bonds. The van der Waals surface area contributed by atoms with Crippen LogP contribution in [0.4, 0.5) is 0 Å². The second kappa shape index (κ2) is 13.5. The largest absolute Gasteiger partial charge is 0.309 e. The zero-order chi connectivity index (χ0) is 38.8. The molecule has 0 saturated carbocycles. The molecule has 0 bridgehead atoms. The Hall–Kier alpha value is -7.22. The Morgan fingerprint density at radius 1 is 0.345 bits per heavy atom. The van der Waals surface area contributed by atoms with Gasteiger partial charge in [-0.3, -0.25) is 0 Å². The molecule has 274 valence electrons. The standard InChI is InChI=1S/C57H41N/c1-57(2)48-31-19-18-30-45(48)46-34-32-43(37-49(46)57)42-33-35-50-47(36-42)55-53(40-24-12-5-13-25-40)51(38-20-8-3-9-21-38)52(39-22-10-4-11-23-39)54(41-26-14-6-15-27-41)56(55)58(50)44-28-16-7-17-29-44/h3-37H,1-2H3. The van der Waals surface area contributed by atoms with Gasteiger partial charge in [0.2, 0.25) is 0 Å². The van der Waals surface area contributed by atoms with Crippen LogP contribution in [0.25, 0.3) is 94.3 Å². The minimum Gasteiger partial charge on any atom is -0.309 e. The van der Waals surface area contributed by atoms with Crippen molar-refractivity contribution in [3.8, 4) is 72.4 Å². The molecule has 10 aromatic rings. The van der Waals surface area contributed by atoms with Gasteiger partial charge in [0.1, 0.15) is 0 Å². The van der Waals surface area contributed by atoms with Crippen LogP contribution in [0.3, 0.4) is 0 Å². The molecular weight excluding hydrogens is 699 g/mol. The predicted molar refractivity (Wildman–Crippen MR) is 246 cm³/mol. The quantitative estimate of drug-likeness (QED) is 0.160. The van der Waals surface area contributed by atoms with Crippen LogP contribution >= 0.6 is 0 Å². The summed E-state index contributed by atoms with van der Waals surface area (Å²) in [5.74, 6) is 0. The number of nitrogens with zero attached hydrogens (tertiary/aromatic N) is 1. The van der Waals surface area contributed by atoms with Crippen LogP contribution in [0.15, 0.2) is 212 Å². The molecular formula is C57H41N. The summed E-state index contributed by atoms with van der Waals surface area (Å²) >= 11 is 0. The summed E-state index contributed by atoms with van der Waals surface area (Å²) in [4.78, 5) is 0. The molecule has 0 unspecified atom stereocenters. The second-order valence-corrected chi connectivity index (χ2v) is 16.0. The first-order chi connectivity index (χ1) is 28.6. The van der Waals surface area contributed by atoms with Crippen molar-refractivity contribution in [3.63, 3.8) is 0 Å². The number of fused-ring (bicyclic) bond motifs is 6. The molecule has 11 rings (SSSR count). The van der Waals surface area contributed by atoms with Crippen molar-refractivity contribution in [1.29, 1.82) is 0 Å². The first-order valence-corrected chi connectivity index (χ1v) is 20.3. The van der Waals surface area contributed by atoms with E-state index in [1.165, 1.54) is 99.7 Å². The van der Waals surface area contributed by atoms with E-state index in [9.17, 15) is 0 Å². The first-order valence-electron chi connectivity index (χ1n) is 20.3. The maximum atomic E-state index is 2.52. The van der Waals surface area contributed by atoms with E-state index in [1.807, 2.05) is 0 Å². The van der Waals surface area contributed by atoms with Gasteiger partial charge in [0, 0.05) is 38.6 Å². The fraction of sp³-hybridized carbons (Fsp3) is 0.0526. The number of benzene rings is 9. The third-order valence-corrected chi connectivity index (χ3v) is 12.4. The van der Waals surface area contributed by atoms with Crippen molar-refractivity contribution in [3.05, 3.63) is 223 Å². The van der Waals surface area contributed by atoms with Gasteiger partial charge in [-0.15, -0.1) is 0 Å². The minimum absolute atomic E-state index is 0.0845. The smallest absolute Gasteiger partial charge is 0.0632 e. The van der Waals surface area contributed by atoms with Gasteiger partial charge in [-0.05, 0) is 91.5 Å². The normalized spacial score (nSPS) is 12.8. The molecule has 0 N–H and O–H groups in total. The second-order valence-electron chi connectivity index (χ2n) is 16.0.